The predicted molar refractivity (Wildman–Crippen MR) is 231 cm³/mol. The van der Waals surface area contributed by atoms with E-state index in [2.05, 4.69) is 101 Å². The van der Waals surface area contributed by atoms with Crippen LogP contribution in [-0.4, -0.2) is 44.3 Å². The Hall–Kier alpha value is -4.16. The summed E-state index contributed by atoms with van der Waals surface area (Å²) >= 11 is 0. The van der Waals surface area contributed by atoms with E-state index >= 15 is 4.39 Å². The molecule has 3 N–H and O–H groups in total. The highest BCUT2D eigenvalue weighted by Crippen LogP contribution is 2.51. The van der Waals surface area contributed by atoms with Crippen LogP contribution >= 0.6 is 0 Å². The van der Waals surface area contributed by atoms with Crippen LogP contribution < -0.4 is 16.0 Å². The lowest BCUT2D eigenvalue weighted by molar-refractivity contribution is 0.159. The number of benzene rings is 5. The number of hydrogen-bond donors (Lipinski definition) is 3. The minimum absolute atomic E-state index is 0.216. The van der Waals surface area contributed by atoms with Crippen LogP contribution in [0.2, 0.25) is 0 Å². The fourth-order valence-corrected chi connectivity index (χ4v) is 11.9. The van der Waals surface area contributed by atoms with E-state index in [1.807, 2.05) is 6.07 Å². The Bertz CT molecular complexity index is 2370. The zero-order valence-electron chi connectivity index (χ0n) is 33.1. The van der Waals surface area contributed by atoms with E-state index in [0.29, 0.717) is 41.0 Å². The third-order valence-electron chi connectivity index (χ3n) is 14.6. The van der Waals surface area contributed by atoms with E-state index in [1.54, 1.807) is 29.0 Å². The number of nitrogens with zero attached hydrogens (tertiary/aromatic N) is 1. The smallest absolute Gasteiger partial charge is 0.149 e. The zero-order chi connectivity index (χ0) is 37.6. The molecule has 6 aromatic rings. The number of rotatable bonds is 6. The van der Waals surface area contributed by atoms with Crippen molar-refractivity contribution < 1.29 is 4.39 Å². The van der Waals surface area contributed by atoms with Crippen LogP contribution in [0.15, 0.2) is 91.1 Å². The SMILES string of the molecule is Cc1ccc2c(C3CCNCC3)c(-c3ccc4c(C5CCCCC5C5CNCCC5c5ccc(F)c6ncccc56)ccc(C5CCNCC5)c4c3)ccc2c1. The average molecular weight is 745 g/mol. The lowest BCUT2D eigenvalue weighted by atomic mass is 9.63. The molecular weight excluding hydrogens is 688 g/mol. The monoisotopic (exact) mass is 744 g/mol. The third-order valence-corrected chi connectivity index (χ3v) is 14.6. The molecular formula is C51H57FN4. The summed E-state index contributed by atoms with van der Waals surface area (Å²) in [6, 6.07) is 32.4. The van der Waals surface area contributed by atoms with E-state index in [1.165, 1.54) is 95.2 Å². The molecule has 56 heavy (non-hydrogen) atoms. The molecule has 3 aliphatic heterocycles. The van der Waals surface area contributed by atoms with Crippen molar-refractivity contribution in [2.75, 3.05) is 39.3 Å². The topological polar surface area (TPSA) is 49.0 Å². The molecule has 288 valence electrons. The Morgan fingerprint density at radius 1 is 0.571 bits per heavy atom. The fraction of sp³-hybridized carbons (Fsp3) is 0.431. The van der Waals surface area contributed by atoms with Gasteiger partial charge >= 0.3 is 0 Å². The number of aromatic nitrogens is 1. The van der Waals surface area contributed by atoms with E-state index in [4.69, 9.17) is 0 Å². The van der Waals surface area contributed by atoms with Gasteiger partial charge in [-0.2, -0.15) is 0 Å². The second kappa shape index (κ2) is 15.6. The molecule has 4 atom stereocenters. The summed E-state index contributed by atoms with van der Waals surface area (Å²) in [5.74, 6) is 2.82. The zero-order valence-corrected chi connectivity index (χ0v) is 33.1. The van der Waals surface area contributed by atoms with Gasteiger partial charge in [0, 0.05) is 11.6 Å². The maximum Gasteiger partial charge on any atom is 0.149 e. The van der Waals surface area contributed by atoms with Gasteiger partial charge in [-0.25, -0.2) is 4.39 Å². The standard InChI is InChI=1S/C51H57FN4/c1-32-8-11-38-35(29-32)9-12-39(50(38)34-20-26-54-27-21-34)36-10-13-44-42(15-14-37(47(44)30-36)33-18-24-53-25-19-33)40-5-2-3-6-41(40)48-31-55-28-22-45(48)43-16-17-49(52)51-46(43)7-4-23-56-51/h4,7-17,23,29-30,33-34,40-41,45,48,53-55H,2-3,5-6,18-22,24-28,31H2,1H3. The van der Waals surface area contributed by atoms with Crippen LogP contribution in [0, 0.1) is 24.6 Å². The number of piperidine rings is 3. The van der Waals surface area contributed by atoms with Gasteiger partial charge in [0.1, 0.15) is 11.3 Å². The summed E-state index contributed by atoms with van der Waals surface area (Å²) in [6.07, 6.45) is 12.6. The van der Waals surface area contributed by atoms with Crippen molar-refractivity contribution in [1.82, 2.24) is 20.9 Å². The molecule has 0 amide bonds. The molecule has 10 rings (SSSR count). The maximum atomic E-state index is 15.0. The second-order valence-corrected chi connectivity index (χ2v) is 17.7. The number of aryl methyl sites for hydroxylation is 1. The molecule has 3 saturated heterocycles. The first-order valence-electron chi connectivity index (χ1n) is 21.9. The quantitative estimate of drug-likeness (QED) is 0.159. The summed E-state index contributed by atoms with van der Waals surface area (Å²) in [6.45, 7) is 8.58. The number of fused-ring (bicyclic) bond motifs is 3. The molecule has 0 spiro atoms. The number of hydrogen-bond acceptors (Lipinski definition) is 4. The Balaban J connectivity index is 1.10. The van der Waals surface area contributed by atoms with Gasteiger partial charge in [0.05, 0.1) is 0 Å². The fourth-order valence-electron chi connectivity index (χ4n) is 11.9. The molecule has 4 heterocycles. The molecule has 4 aliphatic rings. The Morgan fingerprint density at radius 3 is 2.14 bits per heavy atom. The van der Waals surface area contributed by atoms with E-state index in [0.717, 1.165) is 51.1 Å². The van der Waals surface area contributed by atoms with Gasteiger partial charge in [0.15, 0.2) is 0 Å². The lowest BCUT2D eigenvalue weighted by Gasteiger charge is -2.44. The summed E-state index contributed by atoms with van der Waals surface area (Å²) in [4.78, 5) is 4.50. The van der Waals surface area contributed by atoms with Gasteiger partial charge in [-0.05, 0) is 200 Å². The lowest BCUT2D eigenvalue weighted by Crippen LogP contribution is -2.42. The van der Waals surface area contributed by atoms with Gasteiger partial charge in [-0.15, -0.1) is 0 Å². The predicted octanol–water partition coefficient (Wildman–Crippen LogP) is 11.3. The molecule has 5 heteroatoms. The number of halogens is 1. The number of nitrogens with one attached hydrogen (secondary N) is 3. The average Bonchev–Trinajstić information content (AvgIpc) is 3.26. The van der Waals surface area contributed by atoms with Crippen LogP contribution in [0.4, 0.5) is 4.39 Å². The van der Waals surface area contributed by atoms with Gasteiger partial charge < -0.3 is 16.0 Å². The van der Waals surface area contributed by atoms with Crippen molar-refractivity contribution >= 4 is 32.4 Å². The van der Waals surface area contributed by atoms with Crippen molar-refractivity contribution in [3.63, 3.8) is 0 Å². The largest absolute Gasteiger partial charge is 0.317 e. The van der Waals surface area contributed by atoms with Gasteiger partial charge in [-0.3, -0.25) is 4.98 Å². The molecule has 5 aromatic carbocycles. The summed E-state index contributed by atoms with van der Waals surface area (Å²) in [7, 11) is 0. The van der Waals surface area contributed by atoms with Crippen LogP contribution in [-0.2, 0) is 0 Å². The molecule has 4 fully saturated rings. The molecule has 4 unspecified atom stereocenters. The van der Waals surface area contributed by atoms with E-state index in [9.17, 15) is 0 Å². The summed E-state index contributed by atoms with van der Waals surface area (Å²) < 4.78 is 15.0. The minimum atomic E-state index is -0.216. The van der Waals surface area contributed by atoms with E-state index in [-0.39, 0.29) is 5.82 Å². The van der Waals surface area contributed by atoms with Crippen LogP contribution in [0.25, 0.3) is 43.6 Å². The number of pyridine rings is 1. The Labute approximate surface area is 332 Å². The third kappa shape index (κ3) is 6.64. The van der Waals surface area contributed by atoms with Gasteiger partial charge in [0.2, 0.25) is 0 Å². The van der Waals surface area contributed by atoms with Crippen LogP contribution in [0.1, 0.15) is 109 Å². The van der Waals surface area contributed by atoms with Crippen molar-refractivity contribution in [1.29, 1.82) is 0 Å². The van der Waals surface area contributed by atoms with Gasteiger partial charge in [-0.1, -0.05) is 85.1 Å². The molecule has 0 radical (unpaired) electrons. The normalized spacial score (nSPS) is 24.2. The Kier molecular flexibility index (Phi) is 10.1. The minimum Gasteiger partial charge on any atom is -0.317 e. The van der Waals surface area contributed by atoms with Crippen LogP contribution in [0.3, 0.4) is 0 Å². The summed E-state index contributed by atoms with van der Waals surface area (Å²) in [5, 5.41) is 17.8. The highest BCUT2D eigenvalue weighted by Gasteiger charge is 2.40. The first-order chi connectivity index (χ1) is 27.6. The highest BCUT2D eigenvalue weighted by molar-refractivity contribution is 5.97. The van der Waals surface area contributed by atoms with Crippen molar-refractivity contribution in [3.8, 4) is 11.1 Å². The highest BCUT2D eigenvalue weighted by atomic mass is 19.1. The molecule has 4 nitrogen and oxygen atoms in total. The maximum absolute atomic E-state index is 15.0. The van der Waals surface area contributed by atoms with E-state index < -0.39 is 0 Å². The second-order valence-electron chi connectivity index (χ2n) is 17.7. The van der Waals surface area contributed by atoms with Crippen LogP contribution in [0.5, 0.6) is 0 Å². The Morgan fingerprint density at radius 2 is 1.29 bits per heavy atom. The molecule has 1 aliphatic carbocycles. The first-order valence-corrected chi connectivity index (χ1v) is 21.9. The summed E-state index contributed by atoms with van der Waals surface area (Å²) in [5.41, 5.74) is 10.6. The first kappa shape index (κ1) is 36.2. The molecule has 0 bridgehead atoms. The van der Waals surface area contributed by atoms with Crippen molar-refractivity contribution in [3.05, 3.63) is 125 Å². The van der Waals surface area contributed by atoms with Gasteiger partial charge in [0.25, 0.3) is 0 Å². The molecule has 1 aromatic heterocycles. The van der Waals surface area contributed by atoms with Crippen molar-refractivity contribution in [2.24, 2.45) is 11.8 Å². The molecule has 1 saturated carbocycles. The van der Waals surface area contributed by atoms with Crippen molar-refractivity contribution in [2.45, 2.75) is 88.4 Å².